The van der Waals surface area contributed by atoms with Crippen LogP contribution < -0.4 is 0 Å². The summed E-state index contributed by atoms with van der Waals surface area (Å²) in [6, 6.07) is 0. The smallest absolute Gasteiger partial charge is 0.306 e. The van der Waals surface area contributed by atoms with Crippen molar-refractivity contribution in [2.45, 2.75) is 245 Å². The van der Waals surface area contributed by atoms with Gasteiger partial charge in [0.25, 0.3) is 0 Å². The molecule has 6 nitrogen and oxygen atoms in total. The quantitative estimate of drug-likeness (QED) is 0.0262. The molecule has 0 aromatic heterocycles. The number of rotatable bonds is 48. The van der Waals surface area contributed by atoms with Gasteiger partial charge in [-0.15, -0.1) is 0 Å². The van der Waals surface area contributed by atoms with E-state index < -0.39 is 6.10 Å². The third kappa shape index (κ3) is 52.9. The van der Waals surface area contributed by atoms with Crippen molar-refractivity contribution in [1.82, 2.24) is 0 Å². The molecule has 0 heterocycles. The number of hydrogen-bond acceptors (Lipinski definition) is 6. The summed E-state index contributed by atoms with van der Waals surface area (Å²) in [6.07, 6.45) is 73.7. The summed E-state index contributed by atoms with van der Waals surface area (Å²) in [4.78, 5) is 38.0. The first-order chi connectivity index (χ1) is 33.0. The summed E-state index contributed by atoms with van der Waals surface area (Å²) in [5.74, 6) is -1.01. The first kappa shape index (κ1) is 63.1. The van der Waals surface area contributed by atoms with Gasteiger partial charge in [0.15, 0.2) is 6.10 Å². The first-order valence-electron chi connectivity index (χ1n) is 27.4. The summed E-state index contributed by atoms with van der Waals surface area (Å²) in [5, 5.41) is 0. The van der Waals surface area contributed by atoms with Crippen molar-refractivity contribution in [3.63, 3.8) is 0 Å². The molecule has 0 aliphatic carbocycles. The number of allylic oxidation sites excluding steroid dienone is 18. The maximum absolute atomic E-state index is 12.8. The second-order valence-corrected chi connectivity index (χ2v) is 17.7. The Labute approximate surface area is 412 Å². The van der Waals surface area contributed by atoms with Crippen molar-refractivity contribution < 1.29 is 28.6 Å². The van der Waals surface area contributed by atoms with Crippen molar-refractivity contribution in [3.05, 3.63) is 109 Å². The van der Waals surface area contributed by atoms with Gasteiger partial charge in [0.05, 0.1) is 0 Å². The molecular formula is C61H100O6. The highest BCUT2D eigenvalue weighted by atomic mass is 16.6. The summed E-state index contributed by atoms with van der Waals surface area (Å²) in [6.45, 7) is 6.31. The summed E-state index contributed by atoms with van der Waals surface area (Å²) < 4.78 is 16.8. The number of unbranched alkanes of at least 4 members (excludes halogenated alkanes) is 19. The summed E-state index contributed by atoms with van der Waals surface area (Å²) >= 11 is 0. The molecule has 6 heteroatoms. The van der Waals surface area contributed by atoms with Gasteiger partial charge in [0.1, 0.15) is 13.2 Å². The molecule has 0 saturated heterocycles. The van der Waals surface area contributed by atoms with Crippen LogP contribution in [0.1, 0.15) is 239 Å². The van der Waals surface area contributed by atoms with Gasteiger partial charge in [0, 0.05) is 19.3 Å². The maximum Gasteiger partial charge on any atom is 0.306 e. The third-order valence-electron chi connectivity index (χ3n) is 11.3. The fourth-order valence-corrected chi connectivity index (χ4v) is 7.21. The molecule has 0 bridgehead atoms. The van der Waals surface area contributed by atoms with Crippen LogP contribution in [0.4, 0.5) is 0 Å². The fourth-order valence-electron chi connectivity index (χ4n) is 7.21. The van der Waals surface area contributed by atoms with Crippen LogP contribution in [-0.2, 0) is 28.6 Å². The van der Waals surface area contributed by atoms with Crippen LogP contribution in [-0.4, -0.2) is 37.2 Å². The van der Waals surface area contributed by atoms with E-state index >= 15 is 0 Å². The SMILES string of the molecule is CC/C=C\C/C=C\C/C=C\C/C=C\CCC(=O)OCC(COC(=O)CCCCCCCCCCC/C=C\C/C=C\CCCCC)OC(=O)CCCCCCCCC/C=C\C/C=C\C/C=C\CC. The van der Waals surface area contributed by atoms with Gasteiger partial charge in [-0.25, -0.2) is 0 Å². The van der Waals surface area contributed by atoms with Crippen molar-refractivity contribution >= 4 is 17.9 Å². The predicted octanol–water partition coefficient (Wildman–Crippen LogP) is 18.3. The molecule has 67 heavy (non-hydrogen) atoms. The Morgan fingerprint density at radius 1 is 0.313 bits per heavy atom. The van der Waals surface area contributed by atoms with Crippen LogP contribution in [0, 0.1) is 0 Å². The molecule has 1 atom stereocenters. The van der Waals surface area contributed by atoms with Gasteiger partial charge in [-0.1, -0.05) is 220 Å². The highest BCUT2D eigenvalue weighted by molar-refractivity contribution is 5.71. The third-order valence-corrected chi connectivity index (χ3v) is 11.3. The Hall–Kier alpha value is -3.93. The minimum absolute atomic E-state index is 0.108. The zero-order valence-corrected chi connectivity index (χ0v) is 43.4. The van der Waals surface area contributed by atoms with Crippen molar-refractivity contribution in [1.29, 1.82) is 0 Å². The van der Waals surface area contributed by atoms with Crippen LogP contribution in [0.5, 0.6) is 0 Å². The maximum atomic E-state index is 12.8. The molecule has 0 radical (unpaired) electrons. The molecule has 0 aliphatic heterocycles. The highest BCUT2D eigenvalue weighted by Crippen LogP contribution is 2.14. The van der Waals surface area contributed by atoms with E-state index in [1.807, 2.05) is 12.2 Å². The average molecular weight is 929 g/mol. The Kier molecular flexibility index (Phi) is 51.5. The first-order valence-corrected chi connectivity index (χ1v) is 27.4. The van der Waals surface area contributed by atoms with Gasteiger partial charge in [0.2, 0.25) is 0 Å². The monoisotopic (exact) mass is 929 g/mol. The number of carbonyl (C=O) groups excluding carboxylic acids is 3. The van der Waals surface area contributed by atoms with E-state index in [1.165, 1.54) is 96.3 Å². The molecule has 0 aromatic carbocycles. The zero-order chi connectivity index (χ0) is 48.6. The van der Waals surface area contributed by atoms with E-state index in [0.717, 1.165) is 96.3 Å². The van der Waals surface area contributed by atoms with E-state index in [-0.39, 0.29) is 37.5 Å². The van der Waals surface area contributed by atoms with Crippen LogP contribution in [0.15, 0.2) is 109 Å². The van der Waals surface area contributed by atoms with E-state index in [4.69, 9.17) is 14.2 Å². The van der Waals surface area contributed by atoms with Crippen LogP contribution in [0.2, 0.25) is 0 Å². The van der Waals surface area contributed by atoms with Crippen molar-refractivity contribution in [2.24, 2.45) is 0 Å². The van der Waals surface area contributed by atoms with Crippen molar-refractivity contribution in [3.8, 4) is 0 Å². The average Bonchev–Trinajstić information content (AvgIpc) is 3.33. The summed E-state index contributed by atoms with van der Waals surface area (Å²) in [7, 11) is 0. The Bertz CT molecular complexity index is 1390. The highest BCUT2D eigenvalue weighted by Gasteiger charge is 2.19. The molecule has 380 valence electrons. The molecule has 0 rings (SSSR count). The standard InChI is InChI=1S/C61H100O6/c1-4-7-10-13-16-19-22-25-27-29-30-32-33-36-39-42-45-48-51-54-60(63)66-57-58(56-65-59(62)53-50-47-44-41-38-35-24-21-18-15-12-9-6-3)67-61(64)55-52-49-46-43-40-37-34-31-28-26-23-20-17-14-11-8-5-2/h8-9,11-12,16-21,25-28,35,38,44,47,58H,4-7,10,13-15,22-24,29-34,36-37,39-43,45-46,48-57H2,1-3H3/b11-8-,12-9-,19-16-,20-17-,21-18-,27-25-,28-26-,38-35-,47-44-. The number of ether oxygens (including phenoxy) is 3. The largest absolute Gasteiger partial charge is 0.462 e. The fraction of sp³-hybridized carbons (Fsp3) is 0.656. The van der Waals surface area contributed by atoms with E-state index in [2.05, 4.69) is 118 Å². The Balaban J connectivity index is 4.46. The number of esters is 3. The molecule has 0 fully saturated rings. The Morgan fingerprint density at radius 3 is 1.00 bits per heavy atom. The lowest BCUT2D eigenvalue weighted by Gasteiger charge is -2.18. The van der Waals surface area contributed by atoms with E-state index in [9.17, 15) is 14.4 Å². The lowest BCUT2D eigenvalue weighted by atomic mass is 10.1. The van der Waals surface area contributed by atoms with E-state index in [0.29, 0.717) is 19.3 Å². The summed E-state index contributed by atoms with van der Waals surface area (Å²) in [5.41, 5.74) is 0. The Morgan fingerprint density at radius 2 is 0.612 bits per heavy atom. The minimum Gasteiger partial charge on any atom is -0.462 e. The molecule has 0 aromatic rings. The lowest BCUT2D eigenvalue weighted by Crippen LogP contribution is -2.30. The minimum atomic E-state index is -0.816. The second kappa shape index (κ2) is 54.7. The van der Waals surface area contributed by atoms with Gasteiger partial charge in [-0.05, 0) is 109 Å². The van der Waals surface area contributed by atoms with Crippen LogP contribution in [0.3, 0.4) is 0 Å². The zero-order valence-electron chi connectivity index (χ0n) is 43.4. The van der Waals surface area contributed by atoms with Crippen LogP contribution in [0.25, 0.3) is 0 Å². The van der Waals surface area contributed by atoms with Crippen molar-refractivity contribution in [2.75, 3.05) is 13.2 Å². The molecular weight excluding hydrogens is 829 g/mol. The molecule has 0 amide bonds. The van der Waals surface area contributed by atoms with E-state index in [1.54, 1.807) is 0 Å². The van der Waals surface area contributed by atoms with Crippen LogP contribution >= 0.6 is 0 Å². The molecule has 0 saturated carbocycles. The topological polar surface area (TPSA) is 78.9 Å². The van der Waals surface area contributed by atoms with Gasteiger partial charge >= 0.3 is 17.9 Å². The lowest BCUT2D eigenvalue weighted by molar-refractivity contribution is -0.166. The predicted molar refractivity (Wildman–Crippen MR) is 288 cm³/mol. The number of hydrogen-bond donors (Lipinski definition) is 0. The molecule has 0 spiro atoms. The van der Waals surface area contributed by atoms with Gasteiger partial charge in [-0.2, -0.15) is 0 Å². The molecule has 1 unspecified atom stereocenters. The van der Waals surface area contributed by atoms with Gasteiger partial charge in [-0.3, -0.25) is 14.4 Å². The normalized spacial score (nSPS) is 12.9. The molecule has 0 N–H and O–H groups in total. The second-order valence-electron chi connectivity index (χ2n) is 17.7. The molecule has 0 aliphatic rings. The van der Waals surface area contributed by atoms with Gasteiger partial charge < -0.3 is 14.2 Å². The number of carbonyl (C=O) groups is 3.